The molecule has 1 aromatic heterocycles. The normalized spacial score (nSPS) is 15.8. The Bertz CT molecular complexity index is 914. The molecule has 0 N–H and O–H groups in total. The van der Waals surface area contributed by atoms with Crippen LogP contribution in [0.2, 0.25) is 5.15 Å². The van der Waals surface area contributed by atoms with E-state index in [2.05, 4.69) is 9.97 Å². The third-order valence-corrected chi connectivity index (χ3v) is 6.13. The Hall–Kier alpha value is -2.21. The van der Waals surface area contributed by atoms with Crippen LogP contribution in [-0.2, 0) is 10.0 Å². The Balaban J connectivity index is 1.79. The van der Waals surface area contributed by atoms with Crippen LogP contribution >= 0.6 is 11.6 Å². The Morgan fingerprint density at radius 3 is 2.48 bits per heavy atom. The highest BCUT2D eigenvalue weighted by atomic mass is 35.5. The van der Waals surface area contributed by atoms with E-state index < -0.39 is 10.0 Å². The minimum atomic E-state index is -3.70. The van der Waals surface area contributed by atoms with Crippen molar-refractivity contribution in [3.8, 4) is 6.07 Å². The Morgan fingerprint density at radius 1 is 1.16 bits per heavy atom. The topological polar surface area (TPSA) is 90.2 Å². The third-order valence-electron chi connectivity index (χ3n) is 3.98. The number of aromatic nitrogens is 2. The molecular weight excluding hydrogens is 362 g/mol. The van der Waals surface area contributed by atoms with Crippen LogP contribution in [0, 0.1) is 18.3 Å². The highest BCUT2D eigenvalue weighted by molar-refractivity contribution is 7.89. The molecule has 1 aliphatic heterocycles. The van der Waals surface area contributed by atoms with E-state index in [0.29, 0.717) is 43.0 Å². The lowest BCUT2D eigenvalue weighted by Crippen LogP contribution is -2.49. The predicted molar refractivity (Wildman–Crippen MR) is 93.9 cm³/mol. The number of anilines is 1. The molecule has 0 bridgehead atoms. The van der Waals surface area contributed by atoms with Gasteiger partial charge in [-0.15, -0.1) is 0 Å². The summed E-state index contributed by atoms with van der Waals surface area (Å²) in [5, 5.41) is 9.52. The van der Waals surface area contributed by atoms with Gasteiger partial charge in [-0.2, -0.15) is 9.57 Å². The molecule has 3 rings (SSSR count). The van der Waals surface area contributed by atoms with Crippen LogP contribution in [0.4, 0.5) is 5.82 Å². The number of sulfonamides is 1. The van der Waals surface area contributed by atoms with Crippen molar-refractivity contribution in [3.05, 3.63) is 46.9 Å². The second-order valence-corrected chi connectivity index (χ2v) is 7.89. The first-order valence-electron chi connectivity index (χ1n) is 7.67. The summed E-state index contributed by atoms with van der Waals surface area (Å²) in [6, 6.07) is 9.86. The van der Waals surface area contributed by atoms with Crippen molar-refractivity contribution in [1.29, 1.82) is 5.26 Å². The number of nitrogens with zero attached hydrogens (tertiary/aromatic N) is 5. The van der Waals surface area contributed by atoms with Gasteiger partial charge in [0.15, 0.2) is 0 Å². The molecular formula is C16H16ClN5O2S. The molecule has 2 heterocycles. The lowest BCUT2D eigenvalue weighted by molar-refractivity contribution is 0.383. The largest absolute Gasteiger partial charge is 0.354 e. The highest BCUT2D eigenvalue weighted by Gasteiger charge is 2.30. The van der Waals surface area contributed by atoms with Gasteiger partial charge in [0.25, 0.3) is 0 Å². The standard InChI is InChI=1S/C16H16ClN5O2S/c1-12-19-15(17)10-16(20-12)21-6-8-22(9-7-21)25(23,24)14-5-3-2-4-13(14)11-18/h2-5,10H,6-9H2,1H3. The fourth-order valence-corrected chi connectivity index (χ4v) is 4.54. The summed E-state index contributed by atoms with van der Waals surface area (Å²) in [6.45, 7) is 3.35. The Labute approximate surface area is 151 Å². The first kappa shape index (κ1) is 17.6. The molecule has 1 aliphatic rings. The fourth-order valence-electron chi connectivity index (χ4n) is 2.76. The van der Waals surface area contributed by atoms with Gasteiger partial charge in [0.2, 0.25) is 10.0 Å². The minimum Gasteiger partial charge on any atom is -0.354 e. The van der Waals surface area contributed by atoms with E-state index in [4.69, 9.17) is 16.9 Å². The molecule has 0 saturated carbocycles. The van der Waals surface area contributed by atoms with Gasteiger partial charge in [0.05, 0.1) is 10.5 Å². The van der Waals surface area contributed by atoms with Gasteiger partial charge in [0.1, 0.15) is 22.9 Å². The smallest absolute Gasteiger partial charge is 0.244 e. The Morgan fingerprint density at radius 2 is 1.84 bits per heavy atom. The summed E-state index contributed by atoms with van der Waals surface area (Å²) in [5.74, 6) is 1.26. The van der Waals surface area contributed by atoms with E-state index in [1.165, 1.54) is 16.4 Å². The van der Waals surface area contributed by atoms with Crippen molar-refractivity contribution in [1.82, 2.24) is 14.3 Å². The van der Waals surface area contributed by atoms with Gasteiger partial charge >= 0.3 is 0 Å². The van der Waals surface area contributed by atoms with E-state index in [9.17, 15) is 8.42 Å². The molecule has 0 radical (unpaired) electrons. The second kappa shape index (κ2) is 6.96. The van der Waals surface area contributed by atoms with Gasteiger partial charge in [-0.1, -0.05) is 23.7 Å². The van der Waals surface area contributed by atoms with Crippen LogP contribution in [0.15, 0.2) is 35.2 Å². The summed E-state index contributed by atoms with van der Waals surface area (Å²) in [6.07, 6.45) is 0. The monoisotopic (exact) mass is 377 g/mol. The predicted octanol–water partition coefficient (Wildman–Crippen LogP) is 1.82. The van der Waals surface area contributed by atoms with E-state index >= 15 is 0 Å². The van der Waals surface area contributed by atoms with Gasteiger partial charge < -0.3 is 4.90 Å². The summed E-state index contributed by atoms with van der Waals surface area (Å²) in [7, 11) is -3.70. The SMILES string of the molecule is Cc1nc(Cl)cc(N2CCN(S(=O)(=O)c3ccccc3C#N)CC2)n1. The average molecular weight is 378 g/mol. The zero-order valence-corrected chi connectivity index (χ0v) is 15.1. The summed E-state index contributed by atoms with van der Waals surface area (Å²) < 4.78 is 27.1. The van der Waals surface area contributed by atoms with Crippen molar-refractivity contribution in [2.45, 2.75) is 11.8 Å². The van der Waals surface area contributed by atoms with E-state index in [-0.39, 0.29) is 10.5 Å². The molecule has 130 valence electrons. The molecule has 0 amide bonds. The first-order chi connectivity index (χ1) is 11.9. The molecule has 2 aromatic rings. The van der Waals surface area contributed by atoms with Gasteiger partial charge in [-0.25, -0.2) is 18.4 Å². The maximum absolute atomic E-state index is 12.8. The maximum atomic E-state index is 12.8. The van der Waals surface area contributed by atoms with Crippen molar-refractivity contribution in [3.63, 3.8) is 0 Å². The summed E-state index contributed by atoms with van der Waals surface area (Å²) >= 11 is 5.97. The van der Waals surface area contributed by atoms with E-state index in [0.717, 1.165) is 0 Å². The summed E-state index contributed by atoms with van der Waals surface area (Å²) in [4.78, 5) is 10.4. The number of hydrogen-bond acceptors (Lipinski definition) is 6. The number of piperazine rings is 1. The van der Waals surface area contributed by atoms with Crippen molar-refractivity contribution < 1.29 is 8.42 Å². The number of halogens is 1. The van der Waals surface area contributed by atoms with Crippen molar-refractivity contribution in [2.75, 3.05) is 31.1 Å². The van der Waals surface area contributed by atoms with Crippen LogP contribution in [0.5, 0.6) is 0 Å². The second-order valence-electron chi connectivity index (χ2n) is 5.60. The molecule has 0 atom stereocenters. The first-order valence-corrected chi connectivity index (χ1v) is 9.49. The van der Waals surface area contributed by atoms with Crippen LogP contribution in [0.25, 0.3) is 0 Å². The molecule has 0 aliphatic carbocycles. The molecule has 0 spiro atoms. The number of rotatable bonds is 3. The highest BCUT2D eigenvalue weighted by Crippen LogP contribution is 2.23. The number of hydrogen-bond donors (Lipinski definition) is 0. The van der Waals surface area contributed by atoms with Crippen LogP contribution < -0.4 is 4.90 Å². The molecule has 0 unspecified atom stereocenters. The molecule has 25 heavy (non-hydrogen) atoms. The molecule has 1 saturated heterocycles. The minimum absolute atomic E-state index is 0.0480. The summed E-state index contributed by atoms with van der Waals surface area (Å²) in [5.41, 5.74) is 0.156. The molecule has 1 fully saturated rings. The van der Waals surface area contributed by atoms with Gasteiger partial charge in [0, 0.05) is 32.2 Å². The van der Waals surface area contributed by atoms with Crippen molar-refractivity contribution in [2.24, 2.45) is 0 Å². The number of aryl methyl sites for hydroxylation is 1. The van der Waals surface area contributed by atoms with E-state index in [1.807, 2.05) is 11.0 Å². The van der Waals surface area contributed by atoms with Gasteiger partial charge in [-0.05, 0) is 19.1 Å². The fraction of sp³-hybridized carbons (Fsp3) is 0.312. The lowest BCUT2D eigenvalue weighted by Gasteiger charge is -2.34. The molecule has 1 aromatic carbocycles. The van der Waals surface area contributed by atoms with Gasteiger partial charge in [-0.3, -0.25) is 0 Å². The molecule has 7 nitrogen and oxygen atoms in total. The van der Waals surface area contributed by atoms with Crippen LogP contribution in [-0.4, -0.2) is 48.9 Å². The van der Waals surface area contributed by atoms with Crippen molar-refractivity contribution >= 4 is 27.4 Å². The van der Waals surface area contributed by atoms with Crippen LogP contribution in [0.1, 0.15) is 11.4 Å². The average Bonchev–Trinajstić information content (AvgIpc) is 2.61. The quantitative estimate of drug-likeness (QED) is 0.758. The van der Waals surface area contributed by atoms with E-state index in [1.54, 1.807) is 25.1 Å². The zero-order chi connectivity index (χ0) is 18.0. The molecule has 9 heteroatoms. The lowest BCUT2D eigenvalue weighted by atomic mass is 10.2. The maximum Gasteiger partial charge on any atom is 0.244 e. The Kier molecular flexibility index (Phi) is 4.90. The third kappa shape index (κ3) is 3.58. The zero-order valence-electron chi connectivity index (χ0n) is 13.6. The number of nitriles is 1. The van der Waals surface area contributed by atoms with Crippen LogP contribution in [0.3, 0.4) is 0 Å². The number of benzene rings is 1.